The van der Waals surface area contributed by atoms with Gasteiger partial charge in [0.15, 0.2) is 0 Å². The van der Waals surface area contributed by atoms with Crippen LogP contribution in [0, 0.1) is 0 Å². The first kappa shape index (κ1) is 12.9. The van der Waals surface area contributed by atoms with Crippen LogP contribution >= 0.6 is 11.3 Å². The zero-order valence-electron chi connectivity index (χ0n) is 11.2. The van der Waals surface area contributed by atoms with Crippen LogP contribution in [-0.4, -0.2) is 15.5 Å². The molecule has 0 aliphatic heterocycles. The number of benzene rings is 1. The third-order valence-electron chi connectivity index (χ3n) is 3.19. The summed E-state index contributed by atoms with van der Waals surface area (Å²) in [6.45, 7) is 2.13. The van der Waals surface area contributed by atoms with Crippen LogP contribution in [0.2, 0.25) is 0 Å². The number of carbonyl (C=O) groups is 1. The fourth-order valence-corrected chi connectivity index (χ4v) is 3.05. The number of thiophene rings is 1. The zero-order chi connectivity index (χ0) is 14.1. The standard InChI is InChI=1S/C15H15N3OS/c1-2-5-14-17-11-6-3-4-7-12(11)18(14)10-8-13(15(16)19)20-9-10/h3-4,6-9H,2,5H2,1H3,(H2,16,19). The lowest BCUT2D eigenvalue weighted by Gasteiger charge is -2.05. The normalized spacial score (nSPS) is 11.1. The van der Waals surface area contributed by atoms with Gasteiger partial charge in [0.05, 0.1) is 21.6 Å². The summed E-state index contributed by atoms with van der Waals surface area (Å²) in [4.78, 5) is 16.5. The van der Waals surface area contributed by atoms with Gasteiger partial charge in [-0.1, -0.05) is 19.1 Å². The molecule has 5 heteroatoms. The largest absolute Gasteiger partial charge is 0.365 e. The van der Waals surface area contributed by atoms with Crippen LogP contribution in [0.5, 0.6) is 0 Å². The number of para-hydroxylation sites is 2. The van der Waals surface area contributed by atoms with Crippen molar-refractivity contribution in [2.45, 2.75) is 19.8 Å². The third kappa shape index (κ3) is 2.10. The van der Waals surface area contributed by atoms with Crippen LogP contribution in [-0.2, 0) is 6.42 Å². The molecule has 102 valence electrons. The molecule has 0 aliphatic carbocycles. The summed E-state index contributed by atoms with van der Waals surface area (Å²) in [5, 5.41) is 1.95. The summed E-state index contributed by atoms with van der Waals surface area (Å²) >= 11 is 1.37. The molecule has 4 nitrogen and oxygen atoms in total. The van der Waals surface area contributed by atoms with Gasteiger partial charge in [-0.15, -0.1) is 11.3 Å². The maximum atomic E-state index is 11.3. The Labute approximate surface area is 120 Å². The molecule has 0 unspecified atom stereocenters. The van der Waals surface area contributed by atoms with Crippen molar-refractivity contribution in [2.24, 2.45) is 5.73 Å². The number of imidazole rings is 1. The lowest BCUT2D eigenvalue weighted by atomic mass is 10.3. The van der Waals surface area contributed by atoms with Crippen molar-refractivity contribution in [2.75, 3.05) is 0 Å². The molecule has 2 heterocycles. The molecule has 1 amide bonds. The van der Waals surface area contributed by atoms with Crippen molar-refractivity contribution in [1.29, 1.82) is 0 Å². The van der Waals surface area contributed by atoms with Gasteiger partial charge in [0.1, 0.15) is 5.82 Å². The van der Waals surface area contributed by atoms with E-state index in [1.54, 1.807) is 0 Å². The minimum Gasteiger partial charge on any atom is -0.365 e. The van der Waals surface area contributed by atoms with Gasteiger partial charge in [0.2, 0.25) is 0 Å². The Morgan fingerprint density at radius 3 is 2.90 bits per heavy atom. The number of nitrogens with zero attached hydrogens (tertiary/aromatic N) is 2. The molecule has 0 saturated carbocycles. The molecule has 0 aliphatic rings. The summed E-state index contributed by atoms with van der Waals surface area (Å²) in [7, 11) is 0. The molecule has 0 atom stereocenters. The lowest BCUT2D eigenvalue weighted by Crippen LogP contribution is -2.08. The first-order chi connectivity index (χ1) is 9.70. The Morgan fingerprint density at radius 1 is 1.40 bits per heavy atom. The van der Waals surface area contributed by atoms with Gasteiger partial charge in [-0.05, 0) is 24.6 Å². The Morgan fingerprint density at radius 2 is 2.20 bits per heavy atom. The second kappa shape index (κ2) is 5.09. The number of hydrogen-bond donors (Lipinski definition) is 1. The van der Waals surface area contributed by atoms with Crippen molar-refractivity contribution < 1.29 is 4.79 Å². The number of aryl methyl sites for hydroxylation is 1. The molecule has 0 radical (unpaired) electrons. The summed E-state index contributed by atoms with van der Waals surface area (Å²) in [5.41, 5.74) is 8.33. The average Bonchev–Trinajstić information content (AvgIpc) is 3.02. The van der Waals surface area contributed by atoms with Gasteiger partial charge in [-0.25, -0.2) is 4.98 Å². The van der Waals surface area contributed by atoms with Gasteiger partial charge < -0.3 is 5.73 Å². The van der Waals surface area contributed by atoms with Gasteiger partial charge in [0, 0.05) is 11.8 Å². The number of amides is 1. The Balaban J connectivity index is 2.21. The summed E-state index contributed by atoms with van der Waals surface area (Å²) in [6, 6.07) is 9.87. The molecular weight excluding hydrogens is 270 g/mol. The van der Waals surface area contributed by atoms with E-state index in [0.717, 1.165) is 35.4 Å². The van der Waals surface area contributed by atoms with E-state index >= 15 is 0 Å². The first-order valence-corrected chi connectivity index (χ1v) is 7.43. The monoisotopic (exact) mass is 285 g/mol. The van der Waals surface area contributed by atoms with Gasteiger partial charge in [0.25, 0.3) is 5.91 Å². The fraction of sp³-hybridized carbons (Fsp3) is 0.200. The van der Waals surface area contributed by atoms with Crippen molar-refractivity contribution in [3.8, 4) is 5.69 Å². The highest BCUT2D eigenvalue weighted by atomic mass is 32.1. The zero-order valence-corrected chi connectivity index (χ0v) is 12.0. The second-order valence-electron chi connectivity index (χ2n) is 4.64. The quantitative estimate of drug-likeness (QED) is 0.800. The van der Waals surface area contributed by atoms with E-state index < -0.39 is 0 Å². The smallest absolute Gasteiger partial charge is 0.258 e. The molecule has 1 aromatic carbocycles. The number of hydrogen-bond acceptors (Lipinski definition) is 3. The Kier molecular flexibility index (Phi) is 3.28. The summed E-state index contributed by atoms with van der Waals surface area (Å²) < 4.78 is 2.11. The second-order valence-corrected chi connectivity index (χ2v) is 5.55. The number of carbonyl (C=O) groups excluding carboxylic acids is 1. The molecule has 20 heavy (non-hydrogen) atoms. The SMILES string of the molecule is CCCc1nc2ccccc2n1-c1csc(C(N)=O)c1. The summed E-state index contributed by atoms with van der Waals surface area (Å²) in [5.74, 6) is 0.630. The predicted octanol–water partition coefficient (Wildman–Crippen LogP) is 3.14. The van der Waals surface area contributed by atoms with E-state index in [0.29, 0.717) is 4.88 Å². The van der Waals surface area contributed by atoms with Gasteiger partial charge in [-0.2, -0.15) is 0 Å². The van der Waals surface area contributed by atoms with Crippen molar-refractivity contribution >= 4 is 28.3 Å². The van der Waals surface area contributed by atoms with Crippen molar-refractivity contribution in [3.05, 3.63) is 46.4 Å². The minimum absolute atomic E-state index is 0.386. The fourth-order valence-electron chi connectivity index (χ4n) is 2.33. The van der Waals surface area contributed by atoms with E-state index in [-0.39, 0.29) is 5.91 Å². The molecule has 2 N–H and O–H groups in total. The van der Waals surface area contributed by atoms with Crippen LogP contribution < -0.4 is 5.73 Å². The van der Waals surface area contributed by atoms with Crippen molar-refractivity contribution in [3.63, 3.8) is 0 Å². The van der Waals surface area contributed by atoms with Crippen LogP contribution in [0.4, 0.5) is 0 Å². The first-order valence-electron chi connectivity index (χ1n) is 6.55. The van der Waals surface area contributed by atoms with Crippen LogP contribution in [0.15, 0.2) is 35.7 Å². The number of fused-ring (bicyclic) bond motifs is 1. The minimum atomic E-state index is -0.386. The topological polar surface area (TPSA) is 60.9 Å². The van der Waals surface area contributed by atoms with E-state index in [4.69, 9.17) is 5.73 Å². The van der Waals surface area contributed by atoms with Gasteiger partial charge >= 0.3 is 0 Å². The molecular formula is C15H15N3OS. The molecule has 3 rings (SSSR count). The molecule has 3 aromatic rings. The molecule has 0 fully saturated rings. The molecule has 0 spiro atoms. The number of aromatic nitrogens is 2. The summed E-state index contributed by atoms with van der Waals surface area (Å²) in [6.07, 6.45) is 1.92. The highest BCUT2D eigenvalue weighted by Gasteiger charge is 2.14. The van der Waals surface area contributed by atoms with Crippen LogP contribution in [0.25, 0.3) is 16.7 Å². The van der Waals surface area contributed by atoms with E-state index in [1.165, 1.54) is 11.3 Å². The van der Waals surface area contributed by atoms with E-state index in [9.17, 15) is 4.79 Å². The van der Waals surface area contributed by atoms with Crippen molar-refractivity contribution in [1.82, 2.24) is 9.55 Å². The Bertz CT molecular complexity index is 772. The van der Waals surface area contributed by atoms with Gasteiger partial charge in [-0.3, -0.25) is 9.36 Å². The lowest BCUT2D eigenvalue weighted by molar-refractivity contribution is 0.100. The molecule has 0 saturated heterocycles. The number of primary amides is 1. The average molecular weight is 285 g/mol. The molecule has 0 bridgehead atoms. The maximum absolute atomic E-state index is 11.3. The number of rotatable bonds is 4. The highest BCUT2D eigenvalue weighted by Crippen LogP contribution is 2.25. The van der Waals surface area contributed by atoms with Crippen LogP contribution in [0.3, 0.4) is 0 Å². The van der Waals surface area contributed by atoms with E-state index in [2.05, 4.69) is 16.5 Å². The predicted molar refractivity (Wildman–Crippen MR) is 81.5 cm³/mol. The van der Waals surface area contributed by atoms with Crippen LogP contribution in [0.1, 0.15) is 28.8 Å². The Hall–Kier alpha value is -2.14. The maximum Gasteiger partial charge on any atom is 0.258 e. The number of nitrogens with two attached hydrogens (primary N) is 1. The highest BCUT2D eigenvalue weighted by molar-refractivity contribution is 7.12. The molecule has 2 aromatic heterocycles. The van der Waals surface area contributed by atoms with E-state index in [1.807, 2.05) is 35.7 Å². The third-order valence-corrected chi connectivity index (χ3v) is 4.12.